The van der Waals surface area contributed by atoms with Gasteiger partial charge in [-0.3, -0.25) is 9.36 Å². The molecule has 1 aliphatic heterocycles. The van der Waals surface area contributed by atoms with Crippen molar-refractivity contribution in [2.24, 2.45) is 0 Å². The van der Waals surface area contributed by atoms with Crippen LogP contribution in [-0.2, 0) is 29.0 Å². The quantitative estimate of drug-likeness (QED) is 0.685. The zero-order valence-electron chi connectivity index (χ0n) is 12.2. The van der Waals surface area contributed by atoms with Crippen LogP contribution in [-0.4, -0.2) is 52.0 Å². The van der Waals surface area contributed by atoms with Gasteiger partial charge in [-0.05, 0) is 0 Å². The Morgan fingerprint density at radius 3 is 2.95 bits per heavy atom. The van der Waals surface area contributed by atoms with Crippen LogP contribution < -0.4 is 5.69 Å². The maximum Gasteiger partial charge on any atom is 0.346 e. The van der Waals surface area contributed by atoms with E-state index in [1.165, 1.54) is 4.68 Å². The smallest absolute Gasteiger partial charge is 0.346 e. The minimum atomic E-state index is -0.139. The average Bonchev–Trinajstić information content (AvgIpc) is 2.66. The van der Waals surface area contributed by atoms with Crippen molar-refractivity contribution in [3.05, 3.63) is 16.3 Å². The predicted octanol–water partition coefficient (Wildman–Crippen LogP) is -0.511. The summed E-state index contributed by atoms with van der Waals surface area (Å²) in [5.41, 5.74) is -0.139. The molecular formula is C14H20N4O3. The van der Waals surface area contributed by atoms with Gasteiger partial charge >= 0.3 is 5.69 Å². The van der Waals surface area contributed by atoms with Crippen LogP contribution in [0.25, 0.3) is 0 Å². The number of terminal acetylenes is 1. The first-order valence-electron chi connectivity index (χ1n) is 7.04. The van der Waals surface area contributed by atoms with Gasteiger partial charge in [0.1, 0.15) is 5.82 Å². The van der Waals surface area contributed by atoms with E-state index in [9.17, 15) is 9.59 Å². The molecule has 2 heterocycles. The van der Waals surface area contributed by atoms with Crippen LogP contribution in [0, 0.1) is 12.3 Å². The SMILES string of the molecule is C#CCCC(=O)N1CCc2nn(CCOC)c(=O)n2CC1. The fraction of sp³-hybridized carbons (Fsp3) is 0.643. The zero-order chi connectivity index (χ0) is 15.2. The molecule has 7 heteroatoms. The topological polar surface area (TPSA) is 69.4 Å². The van der Waals surface area contributed by atoms with E-state index in [1.807, 2.05) is 0 Å². The van der Waals surface area contributed by atoms with Crippen molar-refractivity contribution in [1.82, 2.24) is 19.2 Å². The number of nitrogens with zero attached hydrogens (tertiary/aromatic N) is 4. The molecular weight excluding hydrogens is 272 g/mol. The molecule has 0 aliphatic carbocycles. The van der Waals surface area contributed by atoms with Crippen molar-refractivity contribution in [1.29, 1.82) is 0 Å². The molecule has 0 unspecified atom stereocenters. The molecule has 114 valence electrons. The van der Waals surface area contributed by atoms with Crippen molar-refractivity contribution in [2.45, 2.75) is 32.4 Å². The molecule has 1 amide bonds. The molecule has 0 saturated carbocycles. The summed E-state index contributed by atoms with van der Waals surface area (Å²) in [6, 6.07) is 0. The van der Waals surface area contributed by atoms with Crippen molar-refractivity contribution in [3.63, 3.8) is 0 Å². The van der Waals surface area contributed by atoms with Crippen LogP contribution in [0.3, 0.4) is 0 Å². The van der Waals surface area contributed by atoms with Gasteiger partial charge in [-0.15, -0.1) is 12.3 Å². The number of hydrogen-bond acceptors (Lipinski definition) is 4. The second-order valence-corrected chi connectivity index (χ2v) is 4.90. The number of fused-ring (bicyclic) bond motifs is 1. The second kappa shape index (κ2) is 7.09. The number of aromatic nitrogens is 3. The van der Waals surface area contributed by atoms with E-state index in [4.69, 9.17) is 11.2 Å². The molecule has 0 bridgehead atoms. The highest BCUT2D eigenvalue weighted by molar-refractivity contribution is 5.76. The van der Waals surface area contributed by atoms with Crippen LogP contribution in [0.4, 0.5) is 0 Å². The van der Waals surface area contributed by atoms with E-state index in [1.54, 1.807) is 16.6 Å². The summed E-state index contributed by atoms with van der Waals surface area (Å²) in [5.74, 6) is 3.24. The van der Waals surface area contributed by atoms with Gasteiger partial charge in [-0.2, -0.15) is 5.10 Å². The first kappa shape index (κ1) is 15.3. The molecule has 0 N–H and O–H groups in total. The molecule has 1 aliphatic rings. The van der Waals surface area contributed by atoms with Crippen LogP contribution in [0.15, 0.2) is 4.79 Å². The van der Waals surface area contributed by atoms with Gasteiger partial charge in [-0.25, -0.2) is 9.48 Å². The highest BCUT2D eigenvalue weighted by atomic mass is 16.5. The maximum absolute atomic E-state index is 12.2. The van der Waals surface area contributed by atoms with Gasteiger partial charge < -0.3 is 9.64 Å². The third-order valence-electron chi connectivity index (χ3n) is 3.54. The zero-order valence-corrected chi connectivity index (χ0v) is 12.2. The monoisotopic (exact) mass is 292 g/mol. The lowest BCUT2D eigenvalue weighted by Gasteiger charge is -2.19. The van der Waals surface area contributed by atoms with E-state index < -0.39 is 0 Å². The third-order valence-corrected chi connectivity index (χ3v) is 3.54. The molecule has 1 aromatic rings. The maximum atomic E-state index is 12.2. The Balaban J connectivity index is 2.04. The number of amides is 1. The lowest BCUT2D eigenvalue weighted by Crippen LogP contribution is -2.35. The number of ether oxygens (including phenoxy) is 1. The molecule has 0 radical (unpaired) electrons. The van der Waals surface area contributed by atoms with Crippen LogP contribution >= 0.6 is 0 Å². The molecule has 2 rings (SSSR count). The number of carbonyl (C=O) groups excluding carboxylic acids is 1. The lowest BCUT2D eigenvalue weighted by molar-refractivity contribution is -0.131. The fourth-order valence-corrected chi connectivity index (χ4v) is 2.37. The van der Waals surface area contributed by atoms with Gasteiger partial charge in [0.05, 0.1) is 13.2 Å². The van der Waals surface area contributed by atoms with Crippen LogP contribution in [0.5, 0.6) is 0 Å². The summed E-state index contributed by atoms with van der Waals surface area (Å²) < 4.78 is 8.03. The normalized spacial score (nSPS) is 14.4. The van der Waals surface area contributed by atoms with Crippen molar-refractivity contribution in [3.8, 4) is 12.3 Å². The van der Waals surface area contributed by atoms with E-state index in [2.05, 4.69) is 11.0 Å². The third kappa shape index (κ3) is 3.52. The highest BCUT2D eigenvalue weighted by Gasteiger charge is 2.21. The van der Waals surface area contributed by atoms with E-state index in [-0.39, 0.29) is 11.6 Å². The average molecular weight is 292 g/mol. The molecule has 7 nitrogen and oxygen atoms in total. The number of hydrogen-bond donors (Lipinski definition) is 0. The molecule has 0 atom stereocenters. The number of methoxy groups -OCH3 is 1. The van der Waals surface area contributed by atoms with Crippen molar-refractivity contribution >= 4 is 5.91 Å². The van der Waals surface area contributed by atoms with Crippen LogP contribution in [0.1, 0.15) is 18.7 Å². The Hall–Kier alpha value is -2.07. The standard InChI is InChI=1S/C14H20N4O3/c1-3-4-5-13(19)16-7-6-12-15-18(10-11-21-2)14(20)17(12)9-8-16/h1H,4-11H2,2H3. The first-order chi connectivity index (χ1) is 10.2. The van der Waals surface area contributed by atoms with Crippen molar-refractivity contribution < 1.29 is 9.53 Å². The van der Waals surface area contributed by atoms with Crippen molar-refractivity contribution in [2.75, 3.05) is 26.8 Å². The van der Waals surface area contributed by atoms with Gasteiger partial charge in [0, 0.05) is 46.0 Å². The summed E-state index contributed by atoms with van der Waals surface area (Å²) in [5, 5.41) is 4.32. The number of carbonyl (C=O) groups is 1. The van der Waals surface area contributed by atoms with Crippen LogP contribution in [0.2, 0.25) is 0 Å². The second-order valence-electron chi connectivity index (χ2n) is 4.90. The molecule has 1 aromatic heterocycles. The predicted molar refractivity (Wildman–Crippen MR) is 76.7 cm³/mol. The Morgan fingerprint density at radius 1 is 1.43 bits per heavy atom. The van der Waals surface area contributed by atoms with E-state index in [0.717, 1.165) is 5.82 Å². The summed E-state index contributed by atoms with van der Waals surface area (Å²) in [4.78, 5) is 25.9. The minimum absolute atomic E-state index is 0.0402. The summed E-state index contributed by atoms with van der Waals surface area (Å²) >= 11 is 0. The molecule has 21 heavy (non-hydrogen) atoms. The summed E-state index contributed by atoms with van der Waals surface area (Å²) in [7, 11) is 1.59. The highest BCUT2D eigenvalue weighted by Crippen LogP contribution is 2.07. The summed E-state index contributed by atoms with van der Waals surface area (Å²) in [6.45, 7) is 2.46. The molecule has 0 aromatic carbocycles. The molecule has 0 fully saturated rings. The fourth-order valence-electron chi connectivity index (χ4n) is 2.37. The minimum Gasteiger partial charge on any atom is -0.383 e. The number of rotatable bonds is 5. The Bertz CT molecular complexity index is 596. The largest absolute Gasteiger partial charge is 0.383 e. The molecule has 0 saturated heterocycles. The van der Waals surface area contributed by atoms with Gasteiger partial charge in [0.15, 0.2) is 0 Å². The Labute approximate surface area is 123 Å². The summed E-state index contributed by atoms with van der Waals surface area (Å²) in [6.07, 6.45) is 6.56. The van der Waals surface area contributed by atoms with Gasteiger partial charge in [-0.1, -0.05) is 0 Å². The van der Waals surface area contributed by atoms with Gasteiger partial charge in [0.25, 0.3) is 0 Å². The van der Waals surface area contributed by atoms with E-state index >= 15 is 0 Å². The first-order valence-corrected chi connectivity index (χ1v) is 7.04. The lowest BCUT2D eigenvalue weighted by atomic mass is 10.2. The Kier molecular flexibility index (Phi) is 5.17. The van der Waals surface area contributed by atoms with E-state index in [0.29, 0.717) is 52.0 Å². The molecule has 0 spiro atoms. The van der Waals surface area contributed by atoms with Gasteiger partial charge in [0.2, 0.25) is 5.91 Å². The Morgan fingerprint density at radius 2 is 2.24 bits per heavy atom.